The lowest BCUT2D eigenvalue weighted by Crippen LogP contribution is -2.41. The molecule has 0 aliphatic carbocycles. The molecule has 0 radical (unpaired) electrons. The second-order valence-corrected chi connectivity index (χ2v) is 8.00. The van der Waals surface area contributed by atoms with Crippen LogP contribution in [0.25, 0.3) is 16.9 Å². The van der Waals surface area contributed by atoms with E-state index in [-0.39, 0.29) is 11.5 Å². The maximum absolute atomic E-state index is 13.4. The van der Waals surface area contributed by atoms with Gasteiger partial charge in [0.05, 0.1) is 24.7 Å². The van der Waals surface area contributed by atoms with Crippen LogP contribution in [0.15, 0.2) is 70.5 Å². The summed E-state index contributed by atoms with van der Waals surface area (Å²) < 4.78 is 9.23. The van der Waals surface area contributed by atoms with Crippen LogP contribution in [-0.2, 0) is 17.8 Å². The number of carbonyl (C=O) groups excluding carboxylic acids is 1. The summed E-state index contributed by atoms with van der Waals surface area (Å²) in [5, 5.41) is 0. The number of hydrogen-bond donors (Lipinski definition) is 0. The SMILES string of the molecule is COC(=O)c1ccc(Cn2cnc3c2c(=O)n(CC(C)C)c(=O)n3-c2ccccc2)cc1. The first kappa shape index (κ1) is 21.3. The van der Waals surface area contributed by atoms with Gasteiger partial charge in [0.15, 0.2) is 11.2 Å². The van der Waals surface area contributed by atoms with Crippen LogP contribution < -0.4 is 11.2 Å². The number of hydrogen-bond acceptors (Lipinski definition) is 5. The molecule has 164 valence electrons. The molecular formula is C24H24N4O4. The third-order valence-corrected chi connectivity index (χ3v) is 5.19. The standard InChI is InChI=1S/C24H24N4O4/c1-16(2)13-27-22(29)20-21(28(24(27)31)19-7-5-4-6-8-19)25-15-26(20)14-17-9-11-18(12-10-17)23(30)32-3/h4-12,15-16H,13-14H2,1-3H3. The molecule has 0 unspecified atom stereocenters. The predicted octanol–water partition coefficient (Wildman–Crippen LogP) is 2.84. The van der Waals surface area contributed by atoms with Crippen LogP contribution in [-0.4, -0.2) is 31.8 Å². The number of ether oxygens (including phenoxy) is 1. The molecule has 0 aliphatic heterocycles. The molecule has 4 aromatic rings. The van der Waals surface area contributed by atoms with Crippen molar-refractivity contribution < 1.29 is 9.53 Å². The lowest BCUT2D eigenvalue weighted by Gasteiger charge is -2.14. The highest BCUT2D eigenvalue weighted by Crippen LogP contribution is 2.15. The molecule has 0 spiro atoms. The van der Waals surface area contributed by atoms with Gasteiger partial charge in [-0.15, -0.1) is 0 Å². The van der Waals surface area contributed by atoms with E-state index in [2.05, 4.69) is 4.98 Å². The zero-order chi connectivity index (χ0) is 22.8. The van der Waals surface area contributed by atoms with Crippen LogP contribution in [0.2, 0.25) is 0 Å². The molecule has 2 aromatic heterocycles. The van der Waals surface area contributed by atoms with Gasteiger partial charge in [-0.2, -0.15) is 0 Å². The summed E-state index contributed by atoms with van der Waals surface area (Å²) in [6.45, 7) is 4.59. The van der Waals surface area contributed by atoms with Crippen molar-refractivity contribution in [1.29, 1.82) is 0 Å². The molecule has 32 heavy (non-hydrogen) atoms. The summed E-state index contributed by atoms with van der Waals surface area (Å²) in [6, 6.07) is 16.1. The Balaban J connectivity index is 1.88. The Morgan fingerprint density at radius 1 is 1.03 bits per heavy atom. The number of rotatable bonds is 6. The molecule has 2 aromatic carbocycles. The van der Waals surface area contributed by atoms with Crippen LogP contribution in [0.4, 0.5) is 0 Å². The molecule has 0 saturated carbocycles. The van der Waals surface area contributed by atoms with E-state index in [9.17, 15) is 14.4 Å². The highest BCUT2D eigenvalue weighted by atomic mass is 16.5. The first-order chi connectivity index (χ1) is 15.4. The van der Waals surface area contributed by atoms with E-state index in [0.29, 0.717) is 35.5 Å². The normalized spacial score (nSPS) is 11.2. The number of methoxy groups -OCH3 is 1. The Morgan fingerprint density at radius 3 is 2.34 bits per heavy atom. The summed E-state index contributed by atoms with van der Waals surface area (Å²) in [4.78, 5) is 42.7. The molecule has 4 rings (SSSR count). The number of para-hydroxylation sites is 1. The van der Waals surface area contributed by atoms with Crippen LogP contribution in [0.3, 0.4) is 0 Å². The van der Waals surface area contributed by atoms with Crippen molar-refractivity contribution in [2.24, 2.45) is 5.92 Å². The molecule has 0 N–H and O–H groups in total. The fraction of sp³-hybridized carbons (Fsp3) is 0.250. The van der Waals surface area contributed by atoms with E-state index >= 15 is 0 Å². The summed E-state index contributed by atoms with van der Waals surface area (Å²) in [7, 11) is 1.34. The molecule has 0 saturated heterocycles. The van der Waals surface area contributed by atoms with Crippen LogP contribution in [0, 0.1) is 5.92 Å². The van der Waals surface area contributed by atoms with Crippen LogP contribution >= 0.6 is 0 Å². The number of esters is 1. The Morgan fingerprint density at radius 2 is 1.72 bits per heavy atom. The van der Waals surface area contributed by atoms with E-state index in [1.54, 1.807) is 35.2 Å². The van der Waals surface area contributed by atoms with E-state index in [1.807, 2.05) is 44.2 Å². The molecule has 0 aliphatic rings. The Bertz CT molecular complexity index is 1380. The minimum absolute atomic E-state index is 0.115. The van der Waals surface area contributed by atoms with E-state index in [1.165, 1.54) is 16.2 Å². The highest BCUT2D eigenvalue weighted by molar-refractivity contribution is 5.89. The molecule has 0 bridgehead atoms. The molecule has 0 fully saturated rings. The number of carbonyl (C=O) groups is 1. The molecule has 2 heterocycles. The summed E-state index contributed by atoms with van der Waals surface area (Å²) in [5.74, 6) is -0.294. The van der Waals surface area contributed by atoms with Gasteiger partial charge in [-0.05, 0) is 35.7 Å². The van der Waals surface area contributed by atoms with Gasteiger partial charge < -0.3 is 9.30 Å². The number of imidazole rings is 1. The third kappa shape index (κ3) is 3.87. The largest absolute Gasteiger partial charge is 0.465 e. The van der Waals surface area contributed by atoms with Crippen molar-refractivity contribution in [3.05, 3.63) is 92.9 Å². The van der Waals surface area contributed by atoms with Crippen molar-refractivity contribution in [1.82, 2.24) is 18.7 Å². The summed E-state index contributed by atoms with van der Waals surface area (Å²) in [6.07, 6.45) is 1.57. The van der Waals surface area contributed by atoms with Crippen molar-refractivity contribution in [2.75, 3.05) is 7.11 Å². The zero-order valence-electron chi connectivity index (χ0n) is 18.2. The third-order valence-electron chi connectivity index (χ3n) is 5.19. The van der Waals surface area contributed by atoms with E-state index in [4.69, 9.17) is 4.74 Å². The van der Waals surface area contributed by atoms with Gasteiger partial charge in [0.1, 0.15) is 0 Å². The van der Waals surface area contributed by atoms with Crippen LogP contribution in [0.5, 0.6) is 0 Å². The van der Waals surface area contributed by atoms with Gasteiger partial charge in [-0.1, -0.05) is 44.2 Å². The van der Waals surface area contributed by atoms with Gasteiger partial charge in [0.25, 0.3) is 5.56 Å². The fourth-order valence-electron chi connectivity index (χ4n) is 3.70. The van der Waals surface area contributed by atoms with Gasteiger partial charge in [0.2, 0.25) is 0 Å². The first-order valence-electron chi connectivity index (χ1n) is 10.3. The van der Waals surface area contributed by atoms with E-state index < -0.39 is 11.7 Å². The lowest BCUT2D eigenvalue weighted by atomic mass is 10.1. The van der Waals surface area contributed by atoms with Crippen molar-refractivity contribution >= 4 is 17.1 Å². The van der Waals surface area contributed by atoms with Gasteiger partial charge in [0, 0.05) is 13.1 Å². The highest BCUT2D eigenvalue weighted by Gasteiger charge is 2.20. The smallest absolute Gasteiger partial charge is 0.337 e. The zero-order valence-corrected chi connectivity index (χ0v) is 18.2. The topological polar surface area (TPSA) is 88.1 Å². The molecule has 8 heteroatoms. The maximum atomic E-state index is 13.4. The molecule has 8 nitrogen and oxygen atoms in total. The summed E-state index contributed by atoms with van der Waals surface area (Å²) >= 11 is 0. The van der Waals surface area contributed by atoms with Crippen molar-refractivity contribution in [3.63, 3.8) is 0 Å². The van der Waals surface area contributed by atoms with Gasteiger partial charge in [-0.3, -0.25) is 9.36 Å². The maximum Gasteiger partial charge on any atom is 0.337 e. The predicted molar refractivity (Wildman–Crippen MR) is 121 cm³/mol. The lowest BCUT2D eigenvalue weighted by molar-refractivity contribution is 0.0600. The number of aromatic nitrogens is 4. The Kier molecular flexibility index (Phi) is 5.77. The van der Waals surface area contributed by atoms with Crippen molar-refractivity contribution in [2.45, 2.75) is 26.9 Å². The number of nitrogens with zero attached hydrogens (tertiary/aromatic N) is 4. The Hall–Kier alpha value is -3.94. The number of benzene rings is 2. The first-order valence-corrected chi connectivity index (χ1v) is 10.3. The minimum Gasteiger partial charge on any atom is -0.465 e. The second-order valence-electron chi connectivity index (χ2n) is 8.00. The van der Waals surface area contributed by atoms with E-state index in [0.717, 1.165) is 5.56 Å². The number of fused-ring (bicyclic) bond motifs is 1. The minimum atomic E-state index is -0.409. The monoisotopic (exact) mass is 432 g/mol. The van der Waals surface area contributed by atoms with Crippen molar-refractivity contribution in [3.8, 4) is 5.69 Å². The average molecular weight is 432 g/mol. The Labute approximate surface area is 184 Å². The quantitative estimate of drug-likeness (QED) is 0.437. The second kappa shape index (κ2) is 8.66. The van der Waals surface area contributed by atoms with Gasteiger partial charge >= 0.3 is 11.7 Å². The summed E-state index contributed by atoms with van der Waals surface area (Å²) in [5.41, 5.74) is 1.87. The molecule has 0 amide bonds. The van der Waals surface area contributed by atoms with Crippen LogP contribution in [0.1, 0.15) is 29.8 Å². The van der Waals surface area contributed by atoms with Gasteiger partial charge in [-0.25, -0.2) is 19.1 Å². The fourth-order valence-corrected chi connectivity index (χ4v) is 3.70. The molecular weight excluding hydrogens is 408 g/mol. The average Bonchev–Trinajstić information content (AvgIpc) is 3.20. The molecule has 0 atom stereocenters.